The summed E-state index contributed by atoms with van der Waals surface area (Å²) >= 11 is 0. The van der Waals surface area contributed by atoms with Crippen molar-refractivity contribution in [2.45, 2.75) is 18.6 Å². The second-order valence-electron chi connectivity index (χ2n) is 2.43. The summed E-state index contributed by atoms with van der Waals surface area (Å²) in [4.78, 5) is 1.94. The molecule has 0 aliphatic carbocycles. The van der Waals surface area contributed by atoms with Crippen LogP contribution in [-0.4, -0.2) is 30.7 Å². The molecule has 47 valence electrons. The Morgan fingerprint density at radius 3 is 2.50 bits per heavy atom. The summed E-state index contributed by atoms with van der Waals surface area (Å²) in [5.74, 6) is 0. The average Bonchev–Trinajstić information content (AvgIpc) is 1.85. The van der Waals surface area contributed by atoms with Gasteiger partial charge in [0.05, 0.1) is 0 Å². The Morgan fingerprint density at radius 2 is 2.38 bits per heavy atom. The lowest BCUT2D eigenvalue weighted by Gasteiger charge is -2.11. The van der Waals surface area contributed by atoms with Crippen LogP contribution in [0.25, 0.3) is 0 Å². The number of alkyl halides is 1. The first-order chi connectivity index (χ1) is 3.70. The van der Waals surface area contributed by atoms with Crippen LogP contribution in [0, 0.1) is 6.92 Å². The molecular formula is C6H11FN. The number of hydrogen-bond donors (Lipinski definition) is 0. The topological polar surface area (TPSA) is 3.24 Å². The molecule has 1 nitrogen and oxygen atoms in total. The Kier molecular flexibility index (Phi) is 1.52. The van der Waals surface area contributed by atoms with Gasteiger partial charge in [0.2, 0.25) is 0 Å². The minimum Gasteiger partial charge on any atom is -0.300 e. The van der Waals surface area contributed by atoms with E-state index in [2.05, 4.69) is 6.92 Å². The molecule has 1 aliphatic rings. The summed E-state index contributed by atoms with van der Waals surface area (Å²) in [6, 6.07) is 0.199. The third-order valence-electron chi connectivity index (χ3n) is 1.64. The first kappa shape index (κ1) is 6.02. The van der Waals surface area contributed by atoms with Crippen LogP contribution in [0.2, 0.25) is 0 Å². The molecule has 0 spiro atoms. The lowest BCUT2D eigenvalue weighted by atomic mass is 10.2. The van der Waals surface area contributed by atoms with E-state index in [4.69, 9.17) is 0 Å². The molecule has 2 heteroatoms. The summed E-state index contributed by atoms with van der Waals surface area (Å²) in [6.07, 6.45) is -0.0289. The van der Waals surface area contributed by atoms with Gasteiger partial charge < -0.3 is 4.90 Å². The van der Waals surface area contributed by atoms with E-state index >= 15 is 0 Å². The van der Waals surface area contributed by atoms with Crippen molar-refractivity contribution in [1.29, 1.82) is 0 Å². The molecule has 1 aliphatic heterocycles. The van der Waals surface area contributed by atoms with Crippen LogP contribution in [0.5, 0.6) is 0 Å². The van der Waals surface area contributed by atoms with Crippen LogP contribution < -0.4 is 0 Å². The van der Waals surface area contributed by atoms with Gasteiger partial charge in [-0.25, -0.2) is 4.39 Å². The second-order valence-corrected chi connectivity index (χ2v) is 2.43. The maximum absolute atomic E-state index is 12.3. The number of halogens is 1. The number of hydrogen-bond acceptors (Lipinski definition) is 1. The highest BCUT2D eigenvalue weighted by Gasteiger charge is 2.25. The van der Waals surface area contributed by atoms with Crippen LogP contribution in [0.3, 0.4) is 0 Å². The van der Waals surface area contributed by atoms with Gasteiger partial charge in [-0.05, 0) is 20.4 Å². The largest absolute Gasteiger partial charge is 0.300 e. The molecule has 1 saturated heterocycles. The van der Waals surface area contributed by atoms with E-state index < -0.39 is 6.17 Å². The van der Waals surface area contributed by atoms with Gasteiger partial charge >= 0.3 is 0 Å². The maximum Gasteiger partial charge on any atom is 0.114 e. The molecule has 2 unspecified atom stereocenters. The van der Waals surface area contributed by atoms with Crippen molar-refractivity contribution < 1.29 is 4.39 Å². The van der Waals surface area contributed by atoms with E-state index in [-0.39, 0.29) is 6.04 Å². The smallest absolute Gasteiger partial charge is 0.114 e. The summed E-state index contributed by atoms with van der Waals surface area (Å²) in [5.41, 5.74) is 0. The quantitative estimate of drug-likeness (QED) is 0.454. The fraction of sp³-hybridized carbons (Fsp3) is 0.833. The Labute approximate surface area is 49.5 Å². The van der Waals surface area contributed by atoms with E-state index in [0.717, 1.165) is 0 Å². The summed E-state index contributed by atoms with van der Waals surface area (Å²) in [5, 5.41) is 0. The van der Waals surface area contributed by atoms with Crippen molar-refractivity contribution in [1.82, 2.24) is 4.90 Å². The van der Waals surface area contributed by atoms with E-state index in [0.29, 0.717) is 13.0 Å². The first-order valence-electron chi connectivity index (χ1n) is 2.87. The van der Waals surface area contributed by atoms with Gasteiger partial charge in [0.15, 0.2) is 0 Å². The van der Waals surface area contributed by atoms with Crippen LogP contribution >= 0.6 is 0 Å². The standard InChI is InChI=1S/C6H11FN/c1-5-3-6(7)4-8(5)2/h5-6H,1,3-4H2,2H3. The Morgan fingerprint density at radius 1 is 1.75 bits per heavy atom. The molecule has 0 amide bonds. The van der Waals surface area contributed by atoms with E-state index in [1.807, 2.05) is 11.9 Å². The Hall–Kier alpha value is -0.110. The molecule has 0 bridgehead atoms. The molecule has 0 N–H and O–H groups in total. The molecule has 0 aromatic rings. The SMILES string of the molecule is [CH2]C1CC(F)CN1C. The molecule has 1 rings (SSSR count). The van der Waals surface area contributed by atoms with Gasteiger partial charge in [0.1, 0.15) is 6.17 Å². The van der Waals surface area contributed by atoms with E-state index in [1.54, 1.807) is 0 Å². The molecule has 8 heavy (non-hydrogen) atoms. The number of likely N-dealkylation sites (tertiary alicyclic amines) is 1. The minimum atomic E-state index is -0.637. The van der Waals surface area contributed by atoms with Crippen LogP contribution in [-0.2, 0) is 0 Å². The molecule has 1 radical (unpaired) electrons. The van der Waals surface area contributed by atoms with Crippen LogP contribution in [0.15, 0.2) is 0 Å². The predicted octanol–water partition coefficient (Wildman–Crippen LogP) is 0.863. The molecular weight excluding hydrogens is 105 g/mol. The molecule has 1 heterocycles. The molecule has 0 aromatic carbocycles. The van der Waals surface area contributed by atoms with E-state index in [9.17, 15) is 4.39 Å². The maximum atomic E-state index is 12.3. The van der Waals surface area contributed by atoms with E-state index in [1.165, 1.54) is 0 Å². The van der Waals surface area contributed by atoms with Crippen molar-refractivity contribution in [2.24, 2.45) is 0 Å². The lowest BCUT2D eigenvalue weighted by Crippen LogP contribution is -2.21. The fourth-order valence-corrected chi connectivity index (χ4v) is 1.01. The van der Waals surface area contributed by atoms with Crippen LogP contribution in [0.4, 0.5) is 4.39 Å². The van der Waals surface area contributed by atoms with Gasteiger partial charge in [-0.2, -0.15) is 0 Å². The number of rotatable bonds is 0. The highest BCUT2D eigenvalue weighted by molar-refractivity contribution is 4.84. The predicted molar refractivity (Wildman–Crippen MR) is 31.3 cm³/mol. The first-order valence-corrected chi connectivity index (χ1v) is 2.87. The monoisotopic (exact) mass is 116 g/mol. The van der Waals surface area contributed by atoms with Crippen molar-refractivity contribution in [3.8, 4) is 0 Å². The Bertz CT molecular complexity index is 74.6. The summed E-state index contributed by atoms with van der Waals surface area (Å²) in [6.45, 7) is 4.32. The third-order valence-corrected chi connectivity index (χ3v) is 1.64. The zero-order valence-electron chi connectivity index (χ0n) is 5.10. The highest BCUT2D eigenvalue weighted by atomic mass is 19.1. The summed E-state index contributed by atoms with van der Waals surface area (Å²) in [7, 11) is 1.90. The average molecular weight is 116 g/mol. The fourth-order valence-electron chi connectivity index (χ4n) is 1.01. The van der Waals surface area contributed by atoms with Crippen molar-refractivity contribution in [3.05, 3.63) is 6.92 Å². The van der Waals surface area contributed by atoms with Crippen molar-refractivity contribution >= 4 is 0 Å². The van der Waals surface area contributed by atoms with Gasteiger partial charge in [-0.15, -0.1) is 0 Å². The van der Waals surface area contributed by atoms with Gasteiger partial charge in [0, 0.05) is 12.6 Å². The highest BCUT2D eigenvalue weighted by Crippen LogP contribution is 2.16. The lowest BCUT2D eigenvalue weighted by molar-refractivity contribution is 0.311. The number of nitrogens with zero attached hydrogens (tertiary/aromatic N) is 1. The zero-order valence-corrected chi connectivity index (χ0v) is 5.10. The summed E-state index contributed by atoms with van der Waals surface area (Å²) < 4.78 is 12.3. The third kappa shape index (κ3) is 0.996. The molecule has 2 atom stereocenters. The van der Waals surface area contributed by atoms with Gasteiger partial charge in [-0.1, -0.05) is 0 Å². The normalized spacial score (nSPS) is 40.9. The second kappa shape index (κ2) is 2.02. The van der Waals surface area contributed by atoms with Crippen molar-refractivity contribution in [2.75, 3.05) is 13.6 Å². The minimum absolute atomic E-state index is 0.199. The molecule has 0 saturated carbocycles. The molecule has 1 fully saturated rings. The Balaban J connectivity index is 2.39. The van der Waals surface area contributed by atoms with Crippen molar-refractivity contribution in [3.63, 3.8) is 0 Å². The van der Waals surface area contributed by atoms with Crippen LogP contribution in [0.1, 0.15) is 6.42 Å². The zero-order chi connectivity index (χ0) is 6.15. The van der Waals surface area contributed by atoms with Gasteiger partial charge in [0.25, 0.3) is 0 Å². The van der Waals surface area contributed by atoms with Gasteiger partial charge in [-0.3, -0.25) is 0 Å². The molecule has 0 aromatic heterocycles.